The third-order valence-electron chi connectivity index (χ3n) is 5.41. The van der Waals surface area contributed by atoms with Crippen molar-refractivity contribution in [1.82, 2.24) is 9.36 Å². The number of rotatable bonds is 5. The highest BCUT2D eigenvalue weighted by Gasteiger charge is 2.20. The molecule has 2 aromatic carbocycles. The monoisotopic (exact) mass is 438 g/mol. The molecular formula is C26H22N4O3. The number of amides is 1. The van der Waals surface area contributed by atoms with E-state index in [4.69, 9.17) is 4.42 Å². The maximum absolute atomic E-state index is 13.0. The SMILES string of the molecule is Cc1ccc(-c2ccc(/C=C(\C#N)C(=O)Nc3c(C)n(C)n(-c4ccccc4)c3=O)o2)cc1. The third kappa shape index (κ3) is 4.27. The Labute approximate surface area is 190 Å². The van der Waals surface area contributed by atoms with Crippen LogP contribution in [-0.2, 0) is 11.8 Å². The molecule has 7 nitrogen and oxygen atoms in total. The number of hydrogen-bond acceptors (Lipinski definition) is 4. The number of carbonyl (C=O) groups is 1. The molecule has 2 aromatic heterocycles. The predicted molar refractivity (Wildman–Crippen MR) is 127 cm³/mol. The van der Waals surface area contributed by atoms with Gasteiger partial charge in [-0.3, -0.25) is 14.3 Å². The molecule has 0 unspecified atom stereocenters. The largest absolute Gasteiger partial charge is 0.457 e. The van der Waals surface area contributed by atoms with Gasteiger partial charge in [-0.05, 0) is 38.1 Å². The quantitative estimate of drug-likeness (QED) is 0.364. The van der Waals surface area contributed by atoms with Crippen LogP contribution in [0.15, 0.2) is 81.5 Å². The number of aromatic nitrogens is 2. The van der Waals surface area contributed by atoms with Crippen LogP contribution in [0.25, 0.3) is 23.1 Å². The fourth-order valence-corrected chi connectivity index (χ4v) is 3.49. The van der Waals surface area contributed by atoms with E-state index in [-0.39, 0.29) is 16.8 Å². The van der Waals surface area contributed by atoms with Crippen molar-refractivity contribution in [3.05, 3.63) is 99.7 Å². The Bertz CT molecular complexity index is 1450. The van der Waals surface area contributed by atoms with Crippen molar-refractivity contribution in [2.45, 2.75) is 13.8 Å². The molecule has 1 amide bonds. The Balaban J connectivity index is 1.61. The predicted octanol–water partition coefficient (Wildman–Crippen LogP) is 4.60. The molecule has 0 aliphatic carbocycles. The van der Waals surface area contributed by atoms with Crippen molar-refractivity contribution in [3.8, 4) is 23.1 Å². The summed E-state index contributed by atoms with van der Waals surface area (Å²) in [5.74, 6) is 0.309. The van der Waals surface area contributed by atoms with Crippen LogP contribution in [0, 0.1) is 25.2 Å². The molecule has 0 aliphatic heterocycles. The van der Waals surface area contributed by atoms with E-state index < -0.39 is 5.91 Å². The van der Waals surface area contributed by atoms with Crippen LogP contribution >= 0.6 is 0 Å². The Kier molecular flexibility index (Phi) is 5.83. The van der Waals surface area contributed by atoms with Crippen molar-refractivity contribution in [1.29, 1.82) is 5.26 Å². The molecule has 0 aliphatic rings. The lowest BCUT2D eigenvalue weighted by Crippen LogP contribution is -2.23. The van der Waals surface area contributed by atoms with Crippen LogP contribution in [0.5, 0.6) is 0 Å². The molecule has 4 aromatic rings. The number of nitrogens with one attached hydrogen (secondary N) is 1. The minimum absolute atomic E-state index is 0.118. The van der Waals surface area contributed by atoms with E-state index in [0.29, 0.717) is 22.9 Å². The topological polar surface area (TPSA) is 93.0 Å². The van der Waals surface area contributed by atoms with Crippen LogP contribution in [0.1, 0.15) is 17.0 Å². The highest BCUT2D eigenvalue weighted by atomic mass is 16.3. The van der Waals surface area contributed by atoms with E-state index in [1.807, 2.05) is 55.5 Å². The number of benzene rings is 2. The summed E-state index contributed by atoms with van der Waals surface area (Å²) in [5.41, 5.74) is 2.83. The normalized spacial score (nSPS) is 11.3. The second kappa shape index (κ2) is 8.89. The van der Waals surface area contributed by atoms with Crippen LogP contribution in [0.4, 0.5) is 5.69 Å². The van der Waals surface area contributed by atoms with Gasteiger partial charge in [0.1, 0.15) is 28.9 Å². The van der Waals surface area contributed by atoms with Crippen molar-refractivity contribution in [2.24, 2.45) is 7.05 Å². The molecule has 1 N–H and O–H groups in total. The number of aryl methyl sites for hydroxylation is 1. The Morgan fingerprint density at radius 2 is 1.73 bits per heavy atom. The maximum atomic E-state index is 13.0. The molecule has 7 heteroatoms. The van der Waals surface area contributed by atoms with E-state index in [9.17, 15) is 14.9 Å². The first-order valence-electron chi connectivity index (χ1n) is 10.3. The molecule has 0 saturated carbocycles. The number of furan rings is 1. The van der Waals surface area contributed by atoms with Gasteiger partial charge < -0.3 is 9.73 Å². The molecular weight excluding hydrogens is 416 g/mol. The number of para-hydroxylation sites is 1. The van der Waals surface area contributed by atoms with E-state index in [0.717, 1.165) is 11.1 Å². The van der Waals surface area contributed by atoms with Gasteiger partial charge in [0.15, 0.2) is 0 Å². The van der Waals surface area contributed by atoms with Crippen molar-refractivity contribution in [2.75, 3.05) is 5.32 Å². The van der Waals surface area contributed by atoms with E-state index in [1.165, 1.54) is 10.8 Å². The minimum atomic E-state index is -0.684. The smallest absolute Gasteiger partial charge is 0.295 e. The Hall–Kier alpha value is -4.57. The zero-order valence-corrected chi connectivity index (χ0v) is 18.5. The lowest BCUT2D eigenvalue weighted by atomic mass is 10.1. The Morgan fingerprint density at radius 1 is 1.03 bits per heavy atom. The van der Waals surface area contributed by atoms with Crippen molar-refractivity contribution < 1.29 is 9.21 Å². The van der Waals surface area contributed by atoms with Gasteiger partial charge in [-0.25, -0.2) is 4.68 Å². The highest BCUT2D eigenvalue weighted by molar-refractivity contribution is 6.09. The standard InChI is InChI=1S/C26H22N4O3/c1-17-9-11-19(12-10-17)23-14-13-22(33-23)15-20(16-27)25(31)28-24-18(2)29(3)30(26(24)32)21-7-5-4-6-8-21/h4-15H,1-3H3,(H,28,31)/b20-15+. The zero-order chi connectivity index (χ0) is 23.5. The van der Waals surface area contributed by atoms with Gasteiger partial charge >= 0.3 is 0 Å². The maximum Gasteiger partial charge on any atom is 0.295 e. The fourth-order valence-electron chi connectivity index (χ4n) is 3.49. The average molecular weight is 438 g/mol. The number of anilines is 1. The minimum Gasteiger partial charge on any atom is -0.457 e. The first kappa shape index (κ1) is 21.7. The number of carbonyl (C=O) groups excluding carboxylic acids is 1. The molecule has 164 valence electrons. The summed E-state index contributed by atoms with van der Waals surface area (Å²) in [6.45, 7) is 3.73. The number of hydrogen-bond donors (Lipinski definition) is 1. The van der Waals surface area contributed by atoms with Gasteiger partial charge in [0.25, 0.3) is 11.5 Å². The first-order chi connectivity index (χ1) is 15.9. The van der Waals surface area contributed by atoms with Gasteiger partial charge in [-0.1, -0.05) is 48.0 Å². The number of nitrogens with zero attached hydrogens (tertiary/aromatic N) is 3. The molecule has 0 atom stereocenters. The molecule has 0 radical (unpaired) electrons. The summed E-state index contributed by atoms with van der Waals surface area (Å²) < 4.78 is 8.91. The van der Waals surface area contributed by atoms with E-state index >= 15 is 0 Å². The summed E-state index contributed by atoms with van der Waals surface area (Å²) in [7, 11) is 1.73. The zero-order valence-electron chi connectivity index (χ0n) is 18.5. The lowest BCUT2D eigenvalue weighted by Gasteiger charge is -2.07. The molecule has 4 rings (SSSR count). The second-order valence-electron chi connectivity index (χ2n) is 7.63. The van der Waals surface area contributed by atoms with Gasteiger partial charge in [-0.2, -0.15) is 5.26 Å². The third-order valence-corrected chi connectivity index (χ3v) is 5.41. The lowest BCUT2D eigenvalue weighted by molar-refractivity contribution is -0.112. The fraction of sp³-hybridized carbons (Fsp3) is 0.115. The summed E-state index contributed by atoms with van der Waals surface area (Å²) >= 11 is 0. The number of nitriles is 1. The summed E-state index contributed by atoms with van der Waals surface area (Å²) in [6, 6.07) is 22.3. The Morgan fingerprint density at radius 3 is 2.39 bits per heavy atom. The van der Waals surface area contributed by atoms with Crippen LogP contribution in [0.2, 0.25) is 0 Å². The van der Waals surface area contributed by atoms with E-state index in [2.05, 4.69) is 5.32 Å². The molecule has 0 spiro atoms. The van der Waals surface area contributed by atoms with Crippen molar-refractivity contribution >= 4 is 17.7 Å². The van der Waals surface area contributed by atoms with Gasteiger partial charge in [0.2, 0.25) is 0 Å². The first-order valence-corrected chi connectivity index (χ1v) is 10.3. The van der Waals surface area contributed by atoms with Crippen LogP contribution < -0.4 is 10.9 Å². The highest BCUT2D eigenvalue weighted by Crippen LogP contribution is 2.24. The van der Waals surface area contributed by atoms with Gasteiger partial charge in [-0.15, -0.1) is 0 Å². The molecule has 2 heterocycles. The summed E-state index contributed by atoms with van der Waals surface area (Å²) in [6.07, 6.45) is 1.36. The summed E-state index contributed by atoms with van der Waals surface area (Å²) in [5, 5.41) is 12.2. The van der Waals surface area contributed by atoms with Gasteiger partial charge in [0, 0.05) is 18.7 Å². The van der Waals surface area contributed by atoms with Crippen molar-refractivity contribution in [3.63, 3.8) is 0 Å². The average Bonchev–Trinajstić information content (AvgIpc) is 3.37. The van der Waals surface area contributed by atoms with Crippen LogP contribution in [-0.4, -0.2) is 15.3 Å². The van der Waals surface area contributed by atoms with E-state index in [1.54, 1.807) is 42.9 Å². The van der Waals surface area contributed by atoms with Crippen LogP contribution in [0.3, 0.4) is 0 Å². The molecule has 0 saturated heterocycles. The summed E-state index contributed by atoms with van der Waals surface area (Å²) in [4.78, 5) is 25.8. The molecule has 0 bridgehead atoms. The molecule has 0 fully saturated rings. The second-order valence-corrected chi connectivity index (χ2v) is 7.63. The molecule has 33 heavy (non-hydrogen) atoms. The van der Waals surface area contributed by atoms with Gasteiger partial charge in [0.05, 0.1) is 11.4 Å².